The van der Waals surface area contributed by atoms with Crippen molar-refractivity contribution in [3.05, 3.63) is 35.9 Å². The first-order chi connectivity index (χ1) is 11.0. The van der Waals surface area contributed by atoms with E-state index < -0.39 is 5.41 Å². The third-order valence-corrected chi connectivity index (χ3v) is 4.84. The summed E-state index contributed by atoms with van der Waals surface area (Å²) in [4.78, 5) is 12.7. The van der Waals surface area contributed by atoms with E-state index in [0.29, 0.717) is 13.2 Å². The van der Waals surface area contributed by atoms with Crippen LogP contribution in [0.2, 0.25) is 0 Å². The van der Waals surface area contributed by atoms with Gasteiger partial charge in [0.2, 0.25) is 5.91 Å². The first-order valence-electron chi connectivity index (χ1n) is 8.49. The third kappa shape index (κ3) is 5.05. The van der Waals surface area contributed by atoms with E-state index in [9.17, 15) is 4.79 Å². The maximum atomic E-state index is 12.7. The number of piperidine rings is 1. The molecule has 0 bridgehead atoms. The Hall–Kier alpha value is -1.39. The average Bonchev–Trinajstić information content (AvgIpc) is 2.54. The Kier molecular flexibility index (Phi) is 6.19. The molecule has 1 aromatic rings. The number of hydrogen-bond acceptors (Lipinski definition) is 3. The minimum atomic E-state index is -0.414. The van der Waals surface area contributed by atoms with Crippen molar-refractivity contribution in [3.8, 4) is 0 Å². The molecule has 1 saturated heterocycles. The first kappa shape index (κ1) is 18.0. The number of carbonyl (C=O) groups excluding carboxylic acids is 1. The summed E-state index contributed by atoms with van der Waals surface area (Å²) in [6, 6.07) is 10.2. The predicted octanol–water partition coefficient (Wildman–Crippen LogP) is 2.39. The van der Waals surface area contributed by atoms with Crippen LogP contribution in [0.4, 0.5) is 0 Å². The molecule has 1 aliphatic heterocycles. The van der Waals surface area contributed by atoms with E-state index in [2.05, 4.69) is 22.8 Å². The van der Waals surface area contributed by atoms with E-state index in [-0.39, 0.29) is 11.3 Å². The quantitative estimate of drug-likeness (QED) is 0.811. The lowest BCUT2D eigenvalue weighted by molar-refractivity contribution is -0.130. The predicted molar refractivity (Wildman–Crippen MR) is 93.3 cm³/mol. The monoisotopic (exact) mass is 318 g/mol. The van der Waals surface area contributed by atoms with Crippen LogP contribution >= 0.6 is 0 Å². The second kappa shape index (κ2) is 7.93. The van der Waals surface area contributed by atoms with Gasteiger partial charge in [-0.25, -0.2) is 0 Å². The van der Waals surface area contributed by atoms with Gasteiger partial charge in [0.05, 0.1) is 6.61 Å². The molecule has 0 saturated carbocycles. The lowest BCUT2D eigenvalue weighted by atomic mass is 9.78. The third-order valence-electron chi connectivity index (χ3n) is 4.84. The van der Waals surface area contributed by atoms with Crippen LogP contribution in [0.15, 0.2) is 30.3 Å². The van der Waals surface area contributed by atoms with Crippen molar-refractivity contribution >= 4 is 5.91 Å². The molecule has 0 radical (unpaired) electrons. The van der Waals surface area contributed by atoms with E-state index in [1.54, 1.807) is 7.11 Å². The largest absolute Gasteiger partial charge is 0.384 e. The van der Waals surface area contributed by atoms with Crippen molar-refractivity contribution in [1.29, 1.82) is 0 Å². The maximum Gasteiger partial charge on any atom is 0.226 e. The van der Waals surface area contributed by atoms with E-state index in [1.165, 1.54) is 5.56 Å². The zero-order chi connectivity index (χ0) is 16.8. The van der Waals surface area contributed by atoms with Gasteiger partial charge in [-0.2, -0.15) is 0 Å². The molecule has 128 valence electrons. The molecule has 1 heterocycles. The molecule has 23 heavy (non-hydrogen) atoms. The van der Waals surface area contributed by atoms with Crippen LogP contribution in [-0.4, -0.2) is 39.3 Å². The molecule has 1 amide bonds. The van der Waals surface area contributed by atoms with Crippen molar-refractivity contribution in [1.82, 2.24) is 10.6 Å². The first-order valence-corrected chi connectivity index (χ1v) is 8.49. The standard InChI is InChI=1S/C19H30N2O2/c1-18(2,13-16-7-5-4-6-8-16)17(22)21-14-19(15-23-3)9-11-20-12-10-19/h4-8,20H,9-15H2,1-3H3,(H,21,22). The van der Waals surface area contributed by atoms with Crippen molar-refractivity contribution in [2.24, 2.45) is 10.8 Å². The fourth-order valence-corrected chi connectivity index (χ4v) is 3.33. The fraction of sp³-hybridized carbons (Fsp3) is 0.632. The molecule has 4 nitrogen and oxygen atoms in total. The molecule has 0 aliphatic carbocycles. The lowest BCUT2D eigenvalue weighted by Gasteiger charge is -2.38. The lowest BCUT2D eigenvalue weighted by Crippen LogP contribution is -2.49. The zero-order valence-electron chi connectivity index (χ0n) is 14.7. The molecule has 0 aromatic heterocycles. The van der Waals surface area contributed by atoms with Gasteiger partial charge in [-0.15, -0.1) is 0 Å². The highest BCUT2D eigenvalue weighted by Crippen LogP contribution is 2.29. The number of amides is 1. The smallest absolute Gasteiger partial charge is 0.226 e. The highest BCUT2D eigenvalue weighted by atomic mass is 16.5. The molecular formula is C19H30N2O2. The van der Waals surface area contributed by atoms with Gasteiger partial charge < -0.3 is 15.4 Å². The minimum Gasteiger partial charge on any atom is -0.384 e. The van der Waals surface area contributed by atoms with Crippen LogP contribution in [0, 0.1) is 10.8 Å². The average molecular weight is 318 g/mol. The molecule has 0 atom stereocenters. The molecule has 1 aliphatic rings. The second-order valence-electron chi connectivity index (χ2n) is 7.41. The van der Waals surface area contributed by atoms with Gasteiger partial charge in [-0.1, -0.05) is 44.2 Å². The number of methoxy groups -OCH3 is 1. The Morgan fingerprint density at radius 2 is 1.91 bits per heavy atom. The molecule has 4 heteroatoms. The van der Waals surface area contributed by atoms with E-state index >= 15 is 0 Å². The number of benzene rings is 1. The number of rotatable bonds is 7. The summed E-state index contributed by atoms with van der Waals surface area (Å²) in [6.45, 7) is 7.41. The summed E-state index contributed by atoms with van der Waals surface area (Å²) >= 11 is 0. The van der Waals surface area contributed by atoms with Crippen LogP contribution in [-0.2, 0) is 16.0 Å². The Bertz CT molecular complexity index is 488. The highest BCUT2D eigenvalue weighted by Gasteiger charge is 2.35. The van der Waals surface area contributed by atoms with Gasteiger partial charge in [0, 0.05) is 24.5 Å². The molecule has 2 N–H and O–H groups in total. The Morgan fingerprint density at radius 1 is 1.26 bits per heavy atom. The van der Waals surface area contributed by atoms with Gasteiger partial charge in [-0.05, 0) is 37.9 Å². The number of carbonyl (C=O) groups is 1. The maximum absolute atomic E-state index is 12.7. The Morgan fingerprint density at radius 3 is 2.52 bits per heavy atom. The summed E-state index contributed by atoms with van der Waals surface area (Å²) in [5.41, 5.74) is 0.849. The summed E-state index contributed by atoms with van der Waals surface area (Å²) in [7, 11) is 1.74. The van der Waals surface area contributed by atoms with Gasteiger partial charge in [0.1, 0.15) is 0 Å². The van der Waals surface area contributed by atoms with Crippen LogP contribution in [0.3, 0.4) is 0 Å². The van der Waals surface area contributed by atoms with Crippen molar-refractivity contribution in [2.75, 3.05) is 33.4 Å². The zero-order valence-corrected chi connectivity index (χ0v) is 14.7. The Labute approximate surface area is 140 Å². The normalized spacial score (nSPS) is 17.7. The van der Waals surface area contributed by atoms with E-state index in [1.807, 2.05) is 32.0 Å². The fourth-order valence-electron chi connectivity index (χ4n) is 3.33. The van der Waals surface area contributed by atoms with Crippen molar-refractivity contribution in [3.63, 3.8) is 0 Å². The Balaban J connectivity index is 1.94. The summed E-state index contributed by atoms with van der Waals surface area (Å²) in [5.74, 6) is 0.121. The van der Waals surface area contributed by atoms with Gasteiger partial charge in [-0.3, -0.25) is 4.79 Å². The van der Waals surface area contributed by atoms with E-state index in [0.717, 1.165) is 32.4 Å². The molecule has 0 spiro atoms. The molecule has 1 aromatic carbocycles. The molecule has 0 unspecified atom stereocenters. The summed E-state index contributed by atoms with van der Waals surface area (Å²) in [6.07, 6.45) is 2.83. The summed E-state index contributed by atoms with van der Waals surface area (Å²) in [5, 5.41) is 6.57. The number of hydrogen-bond donors (Lipinski definition) is 2. The van der Waals surface area contributed by atoms with Crippen LogP contribution < -0.4 is 10.6 Å². The summed E-state index contributed by atoms with van der Waals surface area (Å²) < 4.78 is 5.42. The minimum absolute atomic E-state index is 0.0679. The SMILES string of the molecule is COCC1(CNC(=O)C(C)(C)Cc2ccccc2)CCNCC1. The molecular weight excluding hydrogens is 288 g/mol. The van der Waals surface area contributed by atoms with Gasteiger partial charge in [0.25, 0.3) is 0 Å². The van der Waals surface area contributed by atoms with Gasteiger partial charge in [0.15, 0.2) is 0 Å². The number of nitrogens with one attached hydrogen (secondary N) is 2. The molecule has 1 fully saturated rings. The number of ether oxygens (including phenoxy) is 1. The topological polar surface area (TPSA) is 50.4 Å². The second-order valence-corrected chi connectivity index (χ2v) is 7.41. The van der Waals surface area contributed by atoms with E-state index in [4.69, 9.17) is 4.74 Å². The van der Waals surface area contributed by atoms with Gasteiger partial charge >= 0.3 is 0 Å². The van der Waals surface area contributed by atoms with Crippen molar-refractivity contribution < 1.29 is 9.53 Å². The van der Waals surface area contributed by atoms with Crippen LogP contribution in [0.25, 0.3) is 0 Å². The van der Waals surface area contributed by atoms with Crippen LogP contribution in [0.5, 0.6) is 0 Å². The van der Waals surface area contributed by atoms with Crippen LogP contribution in [0.1, 0.15) is 32.3 Å². The highest BCUT2D eigenvalue weighted by molar-refractivity contribution is 5.82. The molecule has 2 rings (SSSR count). The van der Waals surface area contributed by atoms with Crippen molar-refractivity contribution in [2.45, 2.75) is 33.1 Å².